The van der Waals surface area contributed by atoms with Crippen LogP contribution in [0.25, 0.3) is 10.4 Å². The molecule has 4 heterocycles. The van der Waals surface area contributed by atoms with E-state index in [-0.39, 0.29) is 17.6 Å². The molecule has 160 valence electrons. The lowest BCUT2D eigenvalue weighted by atomic mass is 9.79. The first-order chi connectivity index (χ1) is 14.2. The van der Waals surface area contributed by atoms with Crippen molar-refractivity contribution >= 4 is 28.8 Å². The molecule has 0 radical (unpaired) electrons. The third kappa shape index (κ3) is 4.09. The van der Waals surface area contributed by atoms with Crippen molar-refractivity contribution in [2.75, 3.05) is 18.4 Å². The summed E-state index contributed by atoms with van der Waals surface area (Å²) in [7, 11) is 0. The lowest BCUT2D eigenvalue weighted by molar-refractivity contribution is -0.167. The number of para-hydroxylation sites is 1. The van der Waals surface area contributed by atoms with Crippen LogP contribution in [0.2, 0.25) is 0 Å². The van der Waals surface area contributed by atoms with Crippen LogP contribution in [0.5, 0.6) is 0 Å². The highest BCUT2D eigenvalue weighted by atomic mass is 32.1. The molecule has 2 atom stereocenters. The normalized spacial score (nSPS) is 25.7. The van der Waals surface area contributed by atoms with Gasteiger partial charge in [0.05, 0.1) is 4.88 Å². The van der Waals surface area contributed by atoms with Crippen molar-refractivity contribution in [1.82, 2.24) is 10.2 Å². The molecule has 1 aromatic carbocycles. The fraction of sp³-hybridized carbons (Fsp3) is 0.429. The number of carbonyl (C=O) groups is 2. The molecule has 0 spiro atoms. The van der Waals surface area contributed by atoms with Crippen LogP contribution in [0.4, 0.5) is 18.9 Å². The maximum atomic E-state index is 12.8. The number of nitrogens with zero attached hydrogens (tertiary/aromatic N) is 1. The zero-order chi connectivity index (χ0) is 21.5. The summed E-state index contributed by atoms with van der Waals surface area (Å²) in [6, 6.07) is 10.0. The van der Waals surface area contributed by atoms with E-state index in [0.29, 0.717) is 27.3 Å². The summed E-state index contributed by atoms with van der Waals surface area (Å²) in [5.41, 5.74) is 0.495. The Hall–Kier alpha value is -2.39. The fourth-order valence-electron chi connectivity index (χ4n) is 4.37. The molecule has 30 heavy (non-hydrogen) atoms. The van der Waals surface area contributed by atoms with Crippen LogP contribution in [-0.2, 0) is 4.79 Å². The standard InChI is InChI=1S/C21H22F3N3O2S/c1-12-18(13-8-10-27(12)11-9-13)26-19(28)17-7-6-16(30-17)14-4-2-3-5-15(14)25-20(29)21(22,23)24/h2-7,12-13,18H,8-11H2,1H3,(H,25,29)(H,26,28)/t12-,18-/m0/s1. The van der Waals surface area contributed by atoms with Gasteiger partial charge in [0.15, 0.2) is 0 Å². The van der Waals surface area contributed by atoms with Crippen LogP contribution < -0.4 is 10.6 Å². The first kappa shape index (κ1) is 20.9. The van der Waals surface area contributed by atoms with Crippen LogP contribution in [0.15, 0.2) is 36.4 Å². The number of halogens is 3. The lowest BCUT2D eigenvalue weighted by Gasteiger charge is -2.49. The molecule has 2 N–H and O–H groups in total. The zero-order valence-electron chi connectivity index (χ0n) is 16.3. The molecule has 3 aliphatic rings. The monoisotopic (exact) mass is 437 g/mol. The van der Waals surface area contributed by atoms with Gasteiger partial charge in [-0.25, -0.2) is 0 Å². The Bertz CT molecular complexity index is 949. The molecule has 1 aromatic heterocycles. The van der Waals surface area contributed by atoms with E-state index < -0.39 is 12.1 Å². The molecule has 0 unspecified atom stereocenters. The second-order valence-corrected chi connectivity index (χ2v) is 8.86. The molecular weight excluding hydrogens is 415 g/mol. The molecule has 9 heteroatoms. The highest BCUT2D eigenvalue weighted by Crippen LogP contribution is 2.36. The number of fused-ring (bicyclic) bond motifs is 3. The van der Waals surface area contributed by atoms with Crippen molar-refractivity contribution in [2.45, 2.75) is 38.0 Å². The lowest BCUT2D eigenvalue weighted by Crippen LogP contribution is -2.62. The smallest absolute Gasteiger partial charge is 0.347 e. The van der Waals surface area contributed by atoms with Gasteiger partial charge in [0, 0.05) is 28.2 Å². The molecule has 3 fully saturated rings. The summed E-state index contributed by atoms with van der Waals surface area (Å²) in [5.74, 6) is -1.72. The minimum absolute atomic E-state index is 0.0552. The number of alkyl halides is 3. The second-order valence-electron chi connectivity index (χ2n) is 7.77. The summed E-state index contributed by atoms with van der Waals surface area (Å²) in [4.78, 5) is 27.7. The summed E-state index contributed by atoms with van der Waals surface area (Å²) >= 11 is 1.19. The maximum absolute atomic E-state index is 12.8. The van der Waals surface area contributed by atoms with Crippen LogP contribution in [0, 0.1) is 5.92 Å². The SMILES string of the molecule is C[C@H]1[C@H](NC(=O)c2ccc(-c3ccccc3NC(=O)C(F)(F)F)s2)C2CCN1CC2. The van der Waals surface area contributed by atoms with E-state index in [1.165, 1.54) is 17.4 Å². The first-order valence-electron chi connectivity index (χ1n) is 9.86. The Morgan fingerprint density at radius 3 is 2.47 bits per heavy atom. The van der Waals surface area contributed by atoms with Gasteiger partial charge in [0.1, 0.15) is 0 Å². The fourth-order valence-corrected chi connectivity index (χ4v) is 5.32. The van der Waals surface area contributed by atoms with Crippen molar-refractivity contribution in [3.8, 4) is 10.4 Å². The van der Waals surface area contributed by atoms with E-state index in [0.717, 1.165) is 25.9 Å². The molecule has 2 aromatic rings. The summed E-state index contributed by atoms with van der Waals surface area (Å²) in [6.07, 6.45) is -2.81. The Balaban J connectivity index is 1.51. The quantitative estimate of drug-likeness (QED) is 0.756. The van der Waals surface area contributed by atoms with E-state index in [4.69, 9.17) is 0 Å². The zero-order valence-corrected chi connectivity index (χ0v) is 17.1. The highest BCUT2D eigenvalue weighted by molar-refractivity contribution is 7.17. The number of benzene rings is 1. The van der Waals surface area contributed by atoms with Crippen molar-refractivity contribution in [3.05, 3.63) is 41.3 Å². The van der Waals surface area contributed by atoms with Gasteiger partial charge in [-0.1, -0.05) is 18.2 Å². The molecule has 2 bridgehead atoms. The molecule has 3 aliphatic heterocycles. The average molecular weight is 437 g/mol. The van der Waals surface area contributed by atoms with E-state index in [1.54, 1.807) is 30.3 Å². The van der Waals surface area contributed by atoms with E-state index >= 15 is 0 Å². The van der Waals surface area contributed by atoms with Crippen molar-refractivity contribution < 1.29 is 22.8 Å². The molecule has 0 aliphatic carbocycles. The number of hydrogen-bond acceptors (Lipinski definition) is 4. The first-order valence-corrected chi connectivity index (χ1v) is 10.7. The number of carbonyl (C=O) groups excluding carboxylic acids is 2. The number of piperidine rings is 3. The number of amides is 2. The van der Waals surface area contributed by atoms with Crippen molar-refractivity contribution in [1.29, 1.82) is 0 Å². The molecule has 0 saturated carbocycles. The molecular formula is C21H22F3N3O2S. The van der Waals surface area contributed by atoms with Gasteiger partial charge in [-0.2, -0.15) is 13.2 Å². The second kappa shape index (κ2) is 8.03. The van der Waals surface area contributed by atoms with Gasteiger partial charge < -0.3 is 10.6 Å². The van der Waals surface area contributed by atoms with Gasteiger partial charge in [-0.05, 0) is 57.0 Å². The van der Waals surface area contributed by atoms with Crippen molar-refractivity contribution in [3.63, 3.8) is 0 Å². The number of anilines is 1. The predicted molar refractivity (Wildman–Crippen MR) is 109 cm³/mol. The molecule has 5 nitrogen and oxygen atoms in total. The van der Waals surface area contributed by atoms with Gasteiger partial charge in [-0.15, -0.1) is 11.3 Å². The van der Waals surface area contributed by atoms with Gasteiger partial charge in [0.25, 0.3) is 5.91 Å². The average Bonchev–Trinajstić information content (AvgIpc) is 3.21. The minimum Gasteiger partial charge on any atom is -0.347 e. The van der Waals surface area contributed by atoms with Crippen LogP contribution in [-0.4, -0.2) is 48.1 Å². The highest BCUT2D eigenvalue weighted by Gasteiger charge is 2.41. The Labute approximate surface area is 176 Å². The number of rotatable bonds is 4. The largest absolute Gasteiger partial charge is 0.471 e. The van der Waals surface area contributed by atoms with Crippen LogP contribution in [0.3, 0.4) is 0 Å². The van der Waals surface area contributed by atoms with Crippen LogP contribution >= 0.6 is 11.3 Å². The van der Waals surface area contributed by atoms with E-state index in [2.05, 4.69) is 17.1 Å². The third-order valence-corrected chi connectivity index (χ3v) is 7.12. The van der Waals surface area contributed by atoms with Crippen LogP contribution in [0.1, 0.15) is 29.4 Å². The summed E-state index contributed by atoms with van der Waals surface area (Å²) < 4.78 is 37.9. The summed E-state index contributed by atoms with van der Waals surface area (Å²) in [5, 5.41) is 5.07. The number of thiophene rings is 1. The van der Waals surface area contributed by atoms with E-state index in [9.17, 15) is 22.8 Å². The maximum Gasteiger partial charge on any atom is 0.471 e. The molecule has 5 rings (SSSR count). The van der Waals surface area contributed by atoms with Gasteiger partial charge in [-0.3, -0.25) is 14.5 Å². The Morgan fingerprint density at radius 2 is 1.80 bits per heavy atom. The van der Waals surface area contributed by atoms with Crippen molar-refractivity contribution in [2.24, 2.45) is 5.92 Å². The Kier molecular flexibility index (Phi) is 5.59. The topological polar surface area (TPSA) is 61.4 Å². The van der Waals surface area contributed by atoms with E-state index in [1.807, 2.05) is 5.32 Å². The van der Waals surface area contributed by atoms with Gasteiger partial charge in [0.2, 0.25) is 0 Å². The Morgan fingerprint density at radius 1 is 1.10 bits per heavy atom. The molecule has 2 amide bonds. The number of nitrogens with one attached hydrogen (secondary N) is 2. The predicted octanol–water partition coefficient (Wildman–Crippen LogP) is 4.13. The minimum atomic E-state index is -4.97. The summed E-state index contributed by atoms with van der Waals surface area (Å²) in [6.45, 7) is 4.28. The molecule has 3 saturated heterocycles. The van der Waals surface area contributed by atoms with Gasteiger partial charge >= 0.3 is 12.1 Å². The third-order valence-electron chi connectivity index (χ3n) is 6.00. The number of hydrogen-bond donors (Lipinski definition) is 2.